The number of nitrogens with one attached hydrogen (secondary N) is 2. The van der Waals surface area contributed by atoms with Crippen molar-refractivity contribution in [1.82, 2.24) is 34.1 Å². The van der Waals surface area contributed by atoms with Crippen LogP contribution in [0.5, 0.6) is 0 Å². The Labute approximate surface area is 162 Å². The summed E-state index contributed by atoms with van der Waals surface area (Å²) in [5.41, 5.74) is 1.65. The molecule has 10 heteroatoms. The SMILES string of the molecule is C[C@H](Nc1ncnc2nc[nH]c12)c1nn2cccc2c(=O)n1-c1cccc(F)c1. The molecule has 0 amide bonds. The molecular weight excluding hydrogens is 375 g/mol. The third-order valence-electron chi connectivity index (χ3n) is 4.62. The van der Waals surface area contributed by atoms with Crippen LogP contribution in [0.25, 0.3) is 22.4 Å². The van der Waals surface area contributed by atoms with Gasteiger partial charge in [-0.05, 0) is 37.3 Å². The van der Waals surface area contributed by atoms with E-state index in [1.807, 2.05) is 6.92 Å². The molecule has 0 saturated carbocycles. The molecule has 0 saturated heterocycles. The van der Waals surface area contributed by atoms with Crippen molar-refractivity contribution in [2.45, 2.75) is 13.0 Å². The number of aromatic amines is 1. The first kappa shape index (κ1) is 17.0. The minimum atomic E-state index is -0.445. The number of hydrogen-bond acceptors (Lipinski definition) is 6. The van der Waals surface area contributed by atoms with Gasteiger partial charge in [-0.15, -0.1) is 0 Å². The fourth-order valence-electron chi connectivity index (χ4n) is 3.29. The first-order valence-electron chi connectivity index (χ1n) is 8.88. The van der Waals surface area contributed by atoms with E-state index < -0.39 is 11.9 Å². The Morgan fingerprint density at radius 2 is 2.07 bits per heavy atom. The third-order valence-corrected chi connectivity index (χ3v) is 4.62. The summed E-state index contributed by atoms with van der Waals surface area (Å²) in [6.07, 6.45) is 4.63. The quantitative estimate of drug-likeness (QED) is 0.488. The van der Waals surface area contributed by atoms with Crippen LogP contribution in [0.3, 0.4) is 0 Å². The molecule has 0 unspecified atom stereocenters. The molecule has 144 valence electrons. The standard InChI is InChI=1S/C19H15FN8O/c1-11(25-17-15-16(22-9-21-15)23-10-24-17)18-26-27-7-3-6-14(27)19(29)28(18)13-5-2-4-12(20)8-13/h2-11H,1H3,(H2,21,22,23,24,25)/t11-/m0/s1. The van der Waals surface area contributed by atoms with Crippen LogP contribution >= 0.6 is 0 Å². The summed E-state index contributed by atoms with van der Waals surface area (Å²) < 4.78 is 16.8. The summed E-state index contributed by atoms with van der Waals surface area (Å²) in [6, 6.07) is 8.82. The number of nitrogens with zero attached hydrogens (tertiary/aromatic N) is 6. The fourth-order valence-corrected chi connectivity index (χ4v) is 3.29. The van der Waals surface area contributed by atoms with Gasteiger partial charge in [0.15, 0.2) is 17.3 Å². The monoisotopic (exact) mass is 390 g/mol. The predicted molar refractivity (Wildman–Crippen MR) is 104 cm³/mol. The Balaban J connectivity index is 1.68. The van der Waals surface area contributed by atoms with Gasteiger partial charge in [0.1, 0.15) is 23.2 Å². The summed E-state index contributed by atoms with van der Waals surface area (Å²) >= 11 is 0. The molecule has 1 aromatic carbocycles. The zero-order valence-corrected chi connectivity index (χ0v) is 15.2. The Hall–Kier alpha value is -4.08. The van der Waals surface area contributed by atoms with Crippen LogP contribution in [0.2, 0.25) is 0 Å². The number of fused-ring (bicyclic) bond motifs is 2. The number of imidazole rings is 1. The van der Waals surface area contributed by atoms with Crippen LogP contribution in [0.4, 0.5) is 10.2 Å². The molecule has 29 heavy (non-hydrogen) atoms. The predicted octanol–water partition coefficient (Wildman–Crippen LogP) is 2.46. The molecule has 0 bridgehead atoms. The first-order valence-corrected chi connectivity index (χ1v) is 8.88. The Morgan fingerprint density at radius 3 is 2.93 bits per heavy atom. The first-order chi connectivity index (χ1) is 14.1. The molecule has 0 spiro atoms. The zero-order valence-electron chi connectivity index (χ0n) is 15.2. The summed E-state index contributed by atoms with van der Waals surface area (Å²) in [4.78, 5) is 28.6. The highest BCUT2D eigenvalue weighted by atomic mass is 19.1. The van der Waals surface area contributed by atoms with Crippen molar-refractivity contribution in [3.63, 3.8) is 0 Å². The van der Waals surface area contributed by atoms with Crippen LogP contribution in [-0.2, 0) is 0 Å². The molecule has 0 radical (unpaired) electrons. The molecule has 4 aromatic heterocycles. The van der Waals surface area contributed by atoms with Crippen LogP contribution in [0.15, 0.2) is 60.0 Å². The summed E-state index contributed by atoms with van der Waals surface area (Å²) in [5.74, 6) is 0.481. The van der Waals surface area contributed by atoms with E-state index in [-0.39, 0.29) is 5.56 Å². The average molecular weight is 390 g/mol. The van der Waals surface area contributed by atoms with Crippen molar-refractivity contribution in [2.75, 3.05) is 5.32 Å². The molecular formula is C19H15FN8O. The van der Waals surface area contributed by atoms with Gasteiger partial charge in [0.05, 0.1) is 18.1 Å². The van der Waals surface area contributed by atoms with Gasteiger partial charge in [-0.1, -0.05) is 6.07 Å². The molecule has 0 aliphatic rings. The molecule has 4 heterocycles. The van der Waals surface area contributed by atoms with Crippen molar-refractivity contribution in [3.8, 4) is 5.69 Å². The molecule has 0 aliphatic carbocycles. The largest absolute Gasteiger partial charge is 0.358 e. The average Bonchev–Trinajstić information content (AvgIpc) is 3.37. The van der Waals surface area contributed by atoms with E-state index in [0.717, 1.165) is 0 Å². The number of hydrogen-bond donors (Lipinski definition) is 2. The van der Waals surface area contributed by atoms with Crippen LogP contribution in [0, 0.1) is 5.82 Å². The van der Waals surface area contributed by atoms with E-state index in [2.05, 4.69) is 30.4 Å². The van der Waals surface area contributed by atoms with E-state index in [1.54, 1.807) is 30.5 Å². The second-order valence-corrected chi connectivity index (χ2v) is 6.51. The third kappa shape index (κ3) is 2.81. The number of benzene rings is 1. The maximum absolute atomic E-state index is 13.9. The van der Waals surface area contributed by atoms with Gasteiger partial charge in [-0.2, -0.15) is 5.10 Å². The van der Waals surface area contributed by atoms with Gasteiger partial charge in [-0.25, -0.2) is 23.9 Å². The lowest BCUT2D eigenvalue weighted by atomic mass is 10.2. The maximum atomic E-state index is 13.9. The lowest BCUT2D eigenvalue weighted by Crippen LogP contribution is -2.29. The van der Waals surface area contributed by atoms with Crippen molar-refractivity contribution in [1.29, 1.82) is 0 Å². The molecule has 1 atom stereocenters. The van der Waals surface area contributed by atoms with Crippen LogP contribution in [0.1, 0.15) is 18.8 Å². The van der Waals surface area contributed by atoms with Crippen LogP contribution < -0.4 is 10.9 Å². The molecule has 0 aliphatic heterocycles. The number of rotatable bonds is 4. The number of H-pyrrole nitrogens is 1. The molecule has 9 nitrogen and oxygen atoms in total. The summed E-state index contributed by atoms with van der Waals surface area (Å²) in [6.45, 7) is 1.84. The summed E-state index contributed by atoms with van der Waals surface area (Å²) in [7, 11) is 0. The normalized spacial score (nSPS) is 12.5. The smallest absolute Gasteiger partial charge is 0.282 e. The van der Waals surface area contributed by atoms with Crippen LogP contribution in [-0.4, -0.2) is 34.1 Å². The lowest BCUT2D eigenvalue weighted by Gasteiger charge is -2.19. The Bertz CT molecular complexity index is 1400. The lowest BCUT2D eigenvalue weighted by molar-refractivity contribution is 0.622. The Kier molecular flexibility index (Phi) is 3.83. The molecule has 5 rings (SSSR count). The van der Waals surface area contributed by atoms with Crippen molar-refractivity contribution in [2.24, 2.45) is 0 Å². The maximum Gasteiger partial charge on any atom is 0.282 e. The van der Waals surface area contributed by atoms with Gasteiger partial charge in [0.25, 0.3) is 5.56 Å². The fraction of sp³-hybridized carbons (Fsp3) is 0.105. The van der Waals surface area contributed by atoms with Gasteiger partial charge in [-0.3, -0.25) is 9.36 Å². The highest BCUT2D eigenvalue weighted by Crippen LogP contribution is 2.22. The number of aromatic nitrogens is 7. The summed E-state index contributed by atoms with van der Waals surface area (Å²) in [5, 5.41) is 7.84. The zero-order chi connectivity index (χ0) is 20.0. The van der Waals surface area contributed by atoms with E-state index in [1.165, 1.54) is 33.9 Å². The van der Waals surface area contributed by atoms with Gasteiger partial charge < -0.3 is 10.3 Å². The van der Waals surface area contributed by atoms with Crippen molar-refractivity contribution in [3.05, 3.63) is 77.2 Å². The number of halogens is 1. The minimum absolute atomic E-state index is 0.298. The highest BCUT2D eigenvalue weighted by Gasteiger charge is 2.20. The second-order valence-electron chi connectivity index (χ2n) is 6.51. The highest BCUT2D eigenvalue weighted by molar-refractivity contribution is 5.82. The van der Waals surface area contributed by atoms with E-state index >= 15 is 0 Å². The van der Waals surface area contributed by atoms with E-state index in [4.69, 9.17) is 0 Å². The minimum Gasteiger partial charge on any atom is -0.358 e. The van der Waals surface area contributed by atoms with Crippen molar-refractivity contribution < 1.29 is 4.39 Å². The van der Waals surface area contributed by atoms with Crippen molar-refractivity contribution >= 4 is 22.5 Å². The van der Waals surface area contributed by atoms with E-state index in [0.29, 0.717) is 34.0 Å². The molecule has 2 N–H and O–H groups in total. The molecule has 0 fully saturated rings. The second kappa shape index (κ2) is 6.51. The van der Waals surface area contributed by atoms with Gasteiger partial charge in [0, 0.05) is 6.20 Å². The number of anilines is 1. The topological polar surface area (TPSA) is 106 Å². The van der Waals surface area contributed by atoms with E-state index in [9.17, 15) is 9.18 Å². The molecule has 5 aromatic rings. The van der Waals surface area contributed by atoms with Gasteiger partial charge >= 0.3 is 0 Å². The van der Waals surface area contributed by atoms with Gasteiger partial charge in [0.2, 0.25) is 0 Å². The Morgan fingerprint density at radius 1 is 1.17 bits per heavy atom.